The maximum Gasteiger partial charge on any atom is 0.0638 e. The molecule has 0 aliphatic heterocycles. The van der Waals surface area contributed by atoms with Crippen LogP contribution in [0.1, 0.15) is 19.3 Å². The normalized spacial score (nSPS) is 20.3. The Morgan fingerprint density at radius 3 is 2.87 bits per heavy atom. The fourth-order valence-corrected chi connectivity index (χ4v) is 2.08. The lowest BCUT2D eigenvalue weighted by Gasteiger charge is -2.20. The van der Waals surface area contributed by atoms with Crippen molar-refractivity contribution in [3.63, 3.8) is 0 Å². The Labute approximate surface area is 100 Å². The molecule has 0 radical (unpaired) electrons. The van der Waals surface area contributed by atoms with Gasteiger partial charge in [0.1, 0.15) is 0 Å². The van der Waals surface area contributed by atoms with Gasteiger partial charge >= 0.3 is 0 Å². The molecular weight excluding hydrogens is 229 g/mol. The second kappa shape index (κ2) is 4.91. The number of nitrogens with one attached hydrogen (secondary N) is 1. The minimum Gasteiger partial charge on any atom is -0.378 e. The highest BCUT2D eigenvalue weighted by Crippen LogP contribution is 2.27. The van der Waals surface area contributed by atoms with Crippen molar-refractivity contribution in [2.24, 2.45) is 0 Å². The fourth-order valence-electron chi connectivity index (χ4n) is 1.74. The number of allylic oxidation sites excluding steroid dienone is 1. The summed E-state index contributed by atoms with van der Waals surface area (Å²) in [6.45, 7) is 0. The predicted octanol–water partition coefficient (Wildman–Crippen LogP) is 4.51. The molecule has 0 heterocycles. The summed E-state index contributed by atoms with van der Waals surface area (Å²) in [7, 11) is 0. The van der Waals surface area contributed by atoms with Crippen molar-refractivity contribution in [1.82, 2.24) is 0 Å². The summed E-state index contributed by atoms with van der Waals surface area (Å²) in [6, 6.07) is 5.87. The largest absolute Gasteiger partial charge is 0.378 e. The molecule has 1 nitrogen and oxygen atoms in total. The van der Waals surface area contributed by atoms with Crippen LogP contribution < -0.4 is 5.32 Å². The second-order valence-corrected chi connectivity index (χ2v) is 4.58. The second-order valence-electron chi connectivity index (χ2n) is 3.73. The van der Waals surface area contributed by atoms with Crippen LogP contribution >= 0.6 is 23.2 Å². The van der Waals surface area contributed by atoms with Crippen LogP contribution in [0.5, 0.6) is 0 Å². The van der Waals surface area contributed by atoms with Gasteiger partial charge in [-0.1, -0.05) is 35.4 Å². The number of benzene rings is 1. The van der Waals surface area contributed by atoms with Crippen LogP contribution in [-0.4, -0.2) is 6.04 Å². The van der Waals surface area contributed by atoms with Crippen LogP contribution in [0.3, 0.4) is 0 Å². The monoisotopic (exact) mass is 241 g/mol. The fraction of sp³-hybridized carbons (Fsp3) is 0.333. The predicted molar refractivity (Wildman–Crippen MR) is 66.9 cm³/mol. The third-order valence-electron chi connectivity index (χ3n) is 2.52. The highest BCUT2D eigenvalue weighted by Gasteiger charge is 2.09. The van der Waals surface area contributed by atoms with E-state index in [1.807, 2.05) is 12.1 Å². The zero-order valence-corrected chi connectivity index (χ0v) is 9.85. The van der Waals surface area contributed by atoms with Crippen LogP contribution in [0, 0.1) is 0 Å². The molecule has 1 N–H and O–H groups in total. The lowest BCUT2D eigenvalue weighted by Crippen LogP contribution is -2.18. The molecule has 1 atom stereocenters. The zero-order chi connectivity index (χ0) is 10.7. The van der Waals surface area contributed by atoms with E-state index in [-0.39, 0.29) is 0 Å². The van der Waals surface area contributed by atoms with Gasteiger partial charge in [0, 0.05) is 11.1 Å². The van der Waals surface area contributed by atoms with Gasteiger partial charge in [-0.15, -0.1) is 0 Å². The SMILES string of the molecule is Clc1ccc(Cl)c(NC2C=CCCC2)c1. The molecule has 0 aromatic heterocycles. The molecule has 0 saturated heterocycles. The first kappa shape index (κ1) is 10.8. The topological polar surface area (TPSA) is 12.0 Å². The van der Waals surface area contributed by atoms with Crippen molar-refractivity contribution >= 4 is 28.9 Å². The third kappa shape index (κ3) is 2.90. The molecule has 1 aliphatic rings. The summed E-state index contributed by atoms with van der Waals surface area (Å²) in [5, 5.41) is 4.82. The van der Waals surface area contributed by atoms with Crippen molar-refractivity contribution in [3.8, 4) is 0 Å². The molecule has 1 aromatic carbocycles. The highest BCUT2D eigenvalue weighted by molar-refractivity contribution is 6.35. The Morgan fingerprint density at radius 1 is 1.27 bits per heavy atom. The summed E-state index contributed by atoms with van der Waals surface area (Å²) in [6.07, 6.45) is 7.97. The summed E-state index contributed by atoms with van der Waals surface area (Å²) >= 11 is 12.0. The molecule has 1 aliphatic carbocycles. The summed E-state index contributed by atoms with van der Waals surface area (Å²) in [5.74, 6) is 0. The van der Waals surface area contributed by atoms with E-state index in [0.29, 0.717) is 11.1 Å². The molecule has 3 heteroatoms. The van der Waals surface area contributed by atoms with E-state index in [1.54, 1.807) is 6.07 Å². The minimum absolute atomic E-state index is 0.384. The number of hydrogen-bond acceptors (Lipinski definition) is 1. The molecule has 1 unspecified atom stereocenters. The van der Waals surface area contributed by atoms with Gasteiger partial charge in [0.2, 0.25) is 0 Å². The lowest BCUT2D eigenvalue weighted by atomic mass is 10.0. The standard InChI is InChI=1S/C12H13Cl2N/c13-9-6-7-11(14)12(8-9)15-10-4-2-1-3-5-10/h2,4,6-8,10,15H,1,3,5H2. The molecule has 0 fully saturated rings. The highest BCUT2D eigenvalue weighted by atomic mass is 35.5. The van der Waals surface area contributed by atoms with Crippen molar-refractivity contribution in [2.45, 2.75) is 25.3 Å². The summed E-state index contributed by atoms with van der Waals surface area (Å²) in [5.41, 5.74) is 0.917. The van der Waals surface area contributed by atoms with Gasteiger partial charge < -0.3 is 5.32 Å². The third-order valence-corrected chi connectivity index (χ3v) is 3.09. The van der Waals surface area contributed by atoms with E-state index in [0.717, 1.165) is 17.1 Å². The van der Waals surface area contributed by atoms with Crippen LogP contribution in [0.15, 0.2) is 30.4 Å². The molecular formula is C12H13Cl2N. The minimum atomic E-state index is 0.384. The number of rotatable bonds is 2. The first-order valence-electron chi connectivity index (χ1n) is 5.14. The van der Waals surface area contributed by atoms with Gasteiger partial charge in [0.25, 0.3) is 0 Å². The first-order valence-corrected chi connectivity index (χ1v) is 5.89. The Bertz CT molecular complexity index is 374. The summed E-state index contributed by atoms with van der Waals surface area (Å²) < 4.78 is 0. The number of halogens is 2. The molecule has 1 aromatic rings. The molecule has 0 bridgehead atoms. The van der Waals surface area contributed by atoms with Gasteiger partial charge in [-0.05, 0) is 37.5 Å². The Kier molecular flexibility index (Phi) is 3.55. The average molecular weight is 242 g/mol. The number of hydrogen-bond donors (Lipinski definition) is 1. The van der Waals surface area contributed by atoms with Crippen molar-refractivity contribution in [3.05, 3.63) is 40.4 Å². The molecule has 0 saturated carbocycles. The maximum absolute atomic E-state index is 6.07. The number of anilines is 1. The summed E-state index contributed by atoms with van der Waals surface area (Å²) in [4.78, 5) is 0. The van der Waals surface area contributed by atoms with Crippen LogP contribution in [-0.2, 0) is 0 Å². The smallest absolute Gasteiger partial charge is 0.0638 e. The Hall–Kier alpha value is -0.660. The van der Waals surface area contributed by atoms with Crippen LogP contribution in [0.4, 0.5) is 5.69 Å². The molecule has 2 rings (SSSR count). The molecule has 15 heavy (non-hydrogen) atoms. The van der Waals surface area contributed by atoms with Gasteiger partial charge in [0.05, 0.1) is 10.7 Å². The van der Waals surface area contributed by atoms with E-state index in [4.69, 9.17) is 23.2 Å². The van der Waals surface area contributed by atoms with Gasteiger partial charge in [-0.3, -0.25) is 0 Å². The van der Waals surface area contributed by atoms with E-state index in [9.17, 15) is 0 Å². The van der Waals surface area contributed by atoms with Crippen molar-refractivity contribution < 1.29 is 0 Å². The first-order chi connectivity index (χ1) is 7.25. The van der Waals surface area contributed by atoms with Crippen molar-refractivity contribution in [2.75, 3.05) is 5.32 Å². The molecule has 0 spiro atoms. The van der Waals surface area contributed by atoms with Gasteiger partial charge in [-0.2, -0.15) is 0 Å². The van der Waals surface area contributed by atoms with E-state index in [2.05, 4.69) is 17.5 Å². The Morgan fingerprint density at radius 2 is 2.13 bits per heavy atom. The van der Waals surface area contributed by atoms with E-state index >= 15 is 0 Å². The Balaban J connectivity index is 2.12. The zero-order valence-electron chi connectivity index (χ0n) is 8.34. The van der Waals surface area contributed by atoms with Gasteiger partial charge in [0.15, 0.2) is 0 Å². The van der Waals surface area contributed by atoms with E-state index < -0.39 is 0 Å². The lowest BCUT2D eigenvalue weighted by molar-refractivity contribution is 0.674. The van der Waals surface area contributed by atoms with E-state index in [1.165, 1.54) is 12.8 Å². The van der Waals surface area contributed by atoms with Crippen molar-refractivity contribution in [1.29, 1.82) is 0 Å². The van der Waals surface area contributed by atoms with Crippen LogP contribution in [0.25, 0.3) is 0 Å². The maximum atomic E-state index is 6.07. The molecule has 80 valence electrons. The quantitative estimate of drug-likeness (QED) is 0.752. The average Bonchev–Trinajstić information content (AvgIpc) is 2.25. The van der Waals surface area contributed by atoms with Gasteiger partial charge in [-0.25, -0.2) is 0 Å². The molecule has 0 amide bonds. The van der Waals surface area contributed by atoms with Crippen LogP contribution in [0.2, 0.25) is 10.0 Å².